The number of hydrogen-bond donors (Lipinski definition) is 0. The van der Waals surface area contributed by atoms with Crippen molar-refractivity contribution in [1.82, 2.24) is 24.3 Å². The van der Waals surface area contributed by atoms with Crippen LogP contribution in [0.25, 0.3) is 16.1 Å². The third-order valence-electron chi connectivity index (χ3n) is 5.99. The number of aromatic nitrogens is 4. The molecule has 3 aromatic heterocycles. The van der Waals surface area contributed by atoms with Gasteiger partial charge in [0.25, 0.3) is 5.91 Å². The zero-order chi connectivity index (χ0) is 23.9. The van der Waals surface area contributed by atoms with Crippen molar-refractivity contribution in [2.75, 3.05) is 6.54 Å². The Hall–Kier alpha value is -3.27. The summed E-state index contributed by atoms with van der Waals surface area (Å²) >= 11 is 1.50. The van der Waals surface area contributed by atoms with Crippen LogP contribution in [0.4, 0.5) is 13.2 Å². The number of aryl methyl sites for hydroxylation is 1. The number of alkyl halides is 3. The standard InChI is InChI=1S/C24H22F3N5OS/c1-15-29-21(22(34-15)16-7-3-2-4-8-16)23(33)32-10-6-5-9-18(32)11-17-13-31-14-28-19(24(25,26)27)12-20(31)30-17/h2-4,7-8,12-14,18H,5-6,9-11H2,1H3/t18-/m0/s1. The first-order valence-electron chi connectivity index (χ1n) is 11.0. The van der Waals surface area contributed by atoms with Crippen LogP contribution in [0.2, 0.25) is 0 Å². The molecule has 1 saturated heterocycles. The van der Waals surface area contributed by atoms with Crippen molar-refractivity contribution in [2.45, 2.75) is 44.8 Å². The first-order chi connectivity index (χ1) is 16.3. The van der Waals surface area contributed by atoms with E-state index in [9.17, 15) is 18.0 Å². The summed E-state index contributed by atoms with van der Waals surface area (Å²) in [4.78, 5) is 28.8. The fourth-order valence-corrected chi connectivity index (χ4v) is 5.33. The van der Waals surface area contributed by atoms with E-state index in [-0.39, 0.29) is 17.6 Å². The highest BCUT2D eigenvalue weighted by Crippen LogP contribution is 2.33. The monoisotopic (exact) mass is 485 g/mol. The average molecular weight is 486 g/mol. The van der Waals surface area contributed by atoms with Crippen LogP contribution >= 0.6 is 11.3 Å². The summed E-state index contributed by atoms with van der Waals surface area (Å²) < 4.78 is 40.5. The molecule has 34 heavy (non-hydrogen) atoms. The van der Waals surface area contributed by atoms with Crippen molar-refractivity contribution in [3.63, 3.8) is 0 Å². The molecule has 1 aromatic carbocycles. The van der Waals surface area contributed by atoms with Crippen LogP contribution in [0.15, 0.2) is 48.9 Å². The van der Waals surface area contributed by atoms with Crippen molar-refractivity contribution < 1.29 is 18.0 Å². The lowest BCUT2D eigenvalue weighted by Gasteiger charge is -2.35. The molecule has 0 saturated carbocycles. The minimum absolute atomic E-state index is 0.105. The fraction of sp³-hybridized carbons (Fsp3) is 0.333. The zero-order valence-corrected chi connectivity index (χ0v) is 19.2. The number of halogens is 3. The van der Waals surface area contributed by atoms with Gasteiger partial charge in [0, 0.05) is 31.3 Å². The molecule has 176 valence electrons. The second kappa shape index (κ2) is 8.83. The van der Waals surface area contributed by atoms with Gasteiger partial charge in [-0.1, -0.05) is 30.3 Å². The molecule has 1 aliphatic heterocycles. The Morgan fingerprint density at radius 1 is 1.18 bits per heavy atom. The molecular weight excluding hydrogens is 463 g/mol. The number of hydrogen-bond acceptors (Lipinski definition) is 5. The van der Waals surface area contributed by atoms with Crippen LogP contribution in [0.5, 0.6) is 0 Å². The van der Waals surface area contributed by atoms with E-state index in [1.807, 2.05) is 42.2 Å². The van der Waals surface area contributed by atoms with Crippen LogP contribution in [-0.4, -0.2) is 42.7 Å². The number of carbonyl (C=O) groups excluding carboxylic acids is 1. The summed E-state index contributed by atoms with van der Waals surface area (Å²) in [5, 5.41) is 0.823. The average Bonchev–Trinajstić information content (AvgIpc) is 3.41. The lowest BCUT2D eigenvalue weighted by Crippen LogP contribution is -2.45. The van der Waals surface area contributed by atoms with E-state index in [2.05, 4.69) is 15.0 Å². The van der Waals surface area contributed by atoms with Gasteiger partial charge in [-0.3, -0.25) is 9.20 Å². The molecule has 4 heterocycles. The topological polar surface area (TPSA) is 63.4 Å². The number of thiazole rings is 1. The molecule has 6 nitrogen and oxygen atoms in total. The zero-order valence-electron chi connectivity index (χ0n) is 18.4. The number of piperidine rings is 1. The van der Waals surface area contributed by atoms with Crippen LogP contribution in [0, 0.1) is 6.92 Å². The summed E-state index contributed by atoms with van der Waals surface area (Å²) in [6.07, 6.45) is 1.42. The van der Waals surface area contributed by atoms with Gasteiger partial charge in [-0.2, -0.15) is 13.2 Å². The molecular formula is C24H22F3N5OS. The predicted octanol–water partition coefficient (Wildman–Crippen LogP) is 5.42. The number of imidazole rings is 1. The normalized spacial score (nSPS) is 16.8. The number of benzene rings is 1. The number of fused-ring (bicyclic) bond motifs is 1. The van der Waals surface area contributed by atoms with Crippen molar-refractivity contribution in [1.29, 1.82) is 0 Å². The number of carbonyl (C=O) groups is 1. The third-order valence-corrected chi connectivity index (χ3v) is 7.01. The maximum Gasteiger partial charge on any atom is 0.433 e. The highest BCUT2D eigenvalue weighted by atomic mass is 32.1. The van der Waals surface area contributed by atoms with E-state index in [0.717, 1.165) is 47.1 Å². The summed E-state index contributed by atoms with van der Waals surface area (Å²) in [6, 6.07) is 10.6. The Balaban J connectivity index is 1.42. The predicted molar refractivity (Wildman–Crippen MR) is 123 cm³/mol. The second-order valence-electron chi connectivity index (χ2n) is 8.40. The van der Waals surface area contributed by atoms with Crippen LogP contribution in [-0.2, 0) is 12.6 Å². The second-order valence-corrected chi connectivity index (χ2v) is 9.60. The molecule has 0 aliphatic carbocycles. The molecule has 1 amide bonds. The highest BCUT2D eigenvalue weighted by molar-refractivity contribution is 7.15. The lowest BCUT2D eigenvalue weighted by atomic mass is 9.97. The number of amides is 1. The number of rotatable bonds is 4. The van der Waals surface area contributed by atoms with Gasteiger partial charge in [0.1, 0.15) is 23.4 Å². The Morgan fingerprint density at radius 2 is 1.97 bits per heavy atom. The van der Waals surface area contributed by atoms with Gasteiger partial charge in [0.15, 0.2) is 0 Å². The van der Waals surface area contributed by atoms with Crippen LogP contribution in [0.1, 0.15) is 46.1 Å². The third kappa shape index (κ3) is 4.42. The van der Waals surface area contributed by atoms with Crippen molar-refractivity contribution in [3.05, 3.63) is 71.0 Å². The summed E-state index contributed by atoms with van der Waals surface area (Å²) in [5.74, 6) is -0.113. The smallest absolute Gasteiger partial charge is 0.334 e. The molecule has 1 aliphatic rings. The van der Waals surface area contributed by atoms with Crippen molar-refractivity contribution in [2.24, 2.45) is 0 Å². The number of nitrogens with zero attached hydrogens (tertiary/aromatic N) is 5. The lowest BCUT2D eigenvalue weighted by molar-refractivity contribution is -0.141. The van der Waals surface area contributed by atoms with Gasteiger partial charge < -0.3 is 4.90 Å². The van der Waals surface area contributed by atoms with Crippen LogP contribution < -0.4 is 0 Å². The van der Waals surface area contributed by atoms with E-state index in [1.165, 1.54) is 15.7 Å². The first-order valence-corrected chi connectivity index (χ1v) is 11.9. The van der Waals surface area contributed by atoms with Crippen molar-refractivity contribution in [3.8, 4) is 10.4 Å². The molecule has 1 atom stereocenters. The van der Waals surface area contributed by atoms with Gasteiger partial charge in [-0.25, -0.2) is 15.0 Å². The maximum atomic E-state index is 13.6. The first kappa shape index (κ1) is 22.5. The quantitative estimate of drug-likeness (QED) is 0.387. The Labute approximate surface area is 198 Å². The molecule has 0 N–H and O–H groups in total. The van der Waals surface area contributed by atoms with Gasteiger partial charge in [0.2, 0.25) is 0 Å². The van der Waals surface area contributed by atoms with E-state index < -0.39 is 11.9 Å². The van der Waals surface area contributed by atoms with Crippen molar-refractivity contribution >= 4 is 22.9 Å². The number of likely N-dealkylation sites (tertiary alicyclic amines) is 1. The molecule has 0 unspecified atom stereocenters. The summed E-state index contributed by atoms with van der Waals surface area (Å²) in [5.41, 5.74) is 1.25. The van der Waals surface area contributed by atoms with Gasteiger partial charge >= 0.3 is 6.18 Å². The van der Waals surface area contributed by atoms with E-state index in [1.54, 1.807) is 6.20 Å². The molecule has 1 fully saturated rings. The Morgan fingerprint density at radius 3 is 2.74 bits per heavy atom. The van der Waals surface area contributed by atoms with E-state index in [4.69, 9.17) is 0 Å². The molecule has 0 radical (unpaired) electrons. The SMILES string of the molecule is Cc1nc(C(=O)N2CCCC[C@H]2Cc2cn3cnc(C(F)(F)F)cc3n2)c(-c2ccccc2)s1. The molecule has 10 heteroatoms. The van der Waals surface area contributed by atoms with Gasteiger partial charge in [-0.15, -0.1) is 11.3 Å². The minimum atomic E-state index is -4.53. The molecule has 0 bridgehead atoms. The molecule has 5 rings (SSSR count). The largest absolute Gasteiger partial charge is 0.433 e. The molecule has 4 aromatic rings. The Kier molecular flexibility index (Phi) is 5.85. The summed E-state index contributed by atoms with van der Waals surface area (Å²) in [6.45, 7) is 2.50. The maximum absolute atomic E-state index is 13.6. The molecule has 0 spiro atoms. The fourth-order valence-electron chi connectivity index (χ4n) is 4.41. The van der Waals surface area contributed by atoms with Crippen LogP contribution in [0.3, 0.4) is 0 Å². The summed E-state index contributed by atoms with van der Waals surface area (Å²) in [7, 11) is 0. The van der Waals surface area contributed by atoms with E-state index >= 15 is 0 Å². The highest BCUT2D eigenvalue weighted by Gasteiger charge is 2.34. The van der Waals surface area contributed by atoms with E-state index in [0.29, 0.717) is 24.4 Å². The van der Waals surface area contributed by atoms with Gasteiger partial charge in [-0.05, 0) is 31.7 Å². The minimum Gasteiger partial charge on any atom is -0.334 e. The Bertz CT molecular complexity index is 1330. The van der Waals surface area contributed by atoms with Gasteiger partial charge in [0.05, 0.1) is 15.6 Å².